The summed E-state index contributed by atoms with van der Waals surface area (Å²) in [6.07, 6.45) is 2.29. The molecule has 1 atom stereocenters. The fourth-order valence-electron chi connectivity index (χ4n) is 2.80. The summed E-state index contributed by atoms with van der Waals surface area (Å²) >= 11 is 0. The van der Waals surface area contributed by atoms with Crippen molar-refractivity contribution in [1.29, 1.82) is 0 Å². The summed E-state index contributed by atoms with van der Waals surface area (Å²) in [4.78, 5) is 27.4. The maximum absolute atomic E-state index is 12.4. The second-order valence-electron chi connectivity index (χ2n) is 5.53. The highest BCUT2D eigenvalue weighted by atomic mass is 16.5. The Bertz CT molecular complexity index is 668. The first-order valence-corrected chi connectivity index (χ1v) is 7.16. The molecule has 1 unspecified atom stereocenters. The van der Waals surface area contributed by atoms with E-state index < -0.39 is 0 Å². The summed E-state index contributed by atoms with van der Waals surface area (Å²) in [7, 11) is 0. The van der Waals surface area contributed by atoms with Crippen molar-refractivity contribution >= 4 is 11.8 Å². The standard InChI is InChI=1S/C16H18N2O3/c1-10(2)21-16(20)11-7-9-18-13(11)5-6-14(18)15(19)12-4-3-8-17-12/h3-6,8,10-11,17H,7,9H2,1-2H3. The van der Waals surface area contributed by atoms with Gasteiger partial charge in [0.1, 0.15) is 0 Å². The number of aromatic nitrogens is 2. The van der Waals surface area contributed by atoms with Crippen LogP contribution in [0, 0.1) is 0 Å². The lowest BCUT2D eigenvalue weighted by Gasteiger charge is -2.12. The van der Waals surface area contributed by atoms with Gasteiger partial charge >= 0.3 is 5.97 Å². The van der Waals surface area contributed by atoms with Crippen molar-refractivity contribution in [3.05, 3.63) is 47.5 Å². The van der Waals surface area contributed by atoms with E-state index in [0.717, 1.165) is 5.69 Å². The van der Waals surface area contributed by atoms with Gasteiger partial charge in [0.25, 0.3) is 0 Å². The molecule has 1 N–H and O–H groups in total. The van der Waals surface area contributed by atoms with Crippen LogP contribution in [0.5, 0.6) is 0 Å². The molecule has 0 aromatic carbocycles. The lowest BCUT2D eigenvalue weighted by Crippen LogP contribution is -2.18. The molecule has 0 radical (unpaired) electrons. The van der Waals surface area contributed by atoms with Crippen molar-refractivity contribution < 1.29 is 14.3 Å². The van der Waals surface area contributed by atoms with Gasteiger partial charge in [-0.2, -0.15) is 0 Å². The molecule has 0 fully saturated rings. The summed E-state index contributed by atoms with van der Waals surface area (Å²) in [6, 6.07) is 7.19. The second kappa shape index (κ2) is 5.24. The Labute approximate surface area is 122 Å². The first kappa shape index (κ1) is 13.7. The highest BCUT2D eigenvalue weighted by Gasteiger charge is 2.33. The van der Waals surface area contributed by atoms with Crippen LogP contribution in [-0.2, 0) is 16.1 Å². The number of H-pyrrole nitrogens is 1. The van der Waals surface area contributed by atoms with Gasteiger partial charge in [-0.1, -0.05) is 0 Å². The highest BCUT2D eigenvalue weighted by molar-refractivity contribution is 6.07. The van der Waals surface area contributed by atoms with Crippen LogP contribution in [0.1, 0.15) is 48.1 Å². The van der Waals surface area contributed by atoms with Gasteiger partial charge in [-0.3, -0.25) is 9.59 Å². The number of ketones is 1. The van der Waals surface area contributed by atoms with Gasteiger partial charge in [0.15, 0.2) is 0 Å². The number of carbonyl (C=O) groups is 2. The molecule has 5 heteroatoms. The van der Waals surface area contributed by atoms with E-state index in [4.69, 9.17) is 4.74 Å². The highest BCUT2D eigenvalue weighted by Crippen LogP contribution is 2.32. The number of hydrogen-bond acceptors (Lipinski definition) is 3. The first-order valence-electron chi connectivity index (χ1n) is 7.16. The van der Waals surface area contributed by atoms with Gasteiger partial charge in [0.05, 0.1) is 23.4 Å². The van der Waals surface area contributed by atoms with E-state index in [9.17, 15) is 9.59 Å². The van der Waals surface area contributed by atoms with Crippen LogP contribution in [0.4, 0.5) is 0 Å². The molecule has 1 aliphatic heterocycles. The van der Waals surface area contributed by atoms with Crippen molar-refractivity contribution in [2.75, 3.05) is 0 Å². The van der Waals surface area contributed by atoms with Crippen LogP contribution in [0.2, 0.25) is 0 Å². The molecular weight excluding hydrogens is 268 g/mol. The second-order valence-corrected chi connectivity index (χ2v) is 5.53. The molecule has 0 saturated carbocycles. The van der Waals surface area contributed by atoms with E-state index in [-0.39, 0.29) is 23.8 Å². The van der Waals surface area contributed by atoms with Crippen molar-refractivity contribution in [1.82, 2.24) is 9.55 Å². The van der Waals surface area contributed by atoms with E-state index in [2.05, 4.69) is 4.98 Å². The quantitative estimate of drug-likeness (QED) is 0.693. The Morgan fingerprint density at radius 1 is 1.33 bits per heavy atom. The van der Waals surface area contributed by atoms with Crippen LogP contribution in [-0.4, -0.2) is 27.4 Å². The zero-order chi connectivity index (χ0) is 15.0. The van der Waals surface area contributed by atoms with Gasteiger partial charge in [0, 0.05) is 18.4 Å². The molecule has 3 rings (SSSR count). The Hall–Kier alpha value is -2.30. The summed E-state index contributed by atoms with van der Waals surface area (Å²) < 4.78 is 7.22. The maximum atomic E-state index is 12.4. The summed E-state index contributed by atoms with van der Waals surface area (Å²) in [5.41, 5.74) is 2.05. The normalized spacial score (nSPS) is 17.0. The van der Waals surface area contributed by atoms with Crippen LogP contribution in [0.3, 0.4) is 0 Å². The minimum Gasteiger partial charge on any atom is -0.462 e. The van der Waals surface area contributed by atoms with Gasteiger partial charge in [-0.15, -0.1) is 0 Å². The molecule has 110 valence electrons. The monoisotopic (exact) mass is 286 g/mol. The molecule has 0 saturated heterocycles. The van der Waals surface area contributed by atoms with E-state index in [0.29, 0.717) is 24.4 Å². The predicted octanol–water partition coefficient (Wildman–Crippen LogP) is 2.49. The predicted molar refractivity (Wildman–Crippen MR) is 77.2 cm³/mol. The van der Waals surface area contributed by atoms with E-state index >= 15 is 0 Å². The van der Waals surface area contributed by atoms with Gasteiger partial charge in [0.2, 0.25) is 5.78 Å². The Morgan fingerprint density at radius 3 is 2.81 bits per heavy atom. The average molecular weight is 286 g/mol. The molecular formula is C16H18N2O3. The third kappa shape index (κ3) is 2.39. The van der Waals surface area contributed by atoms with E-state index in [1.807, 2.05) is 24.5 Å². The van der Waals surface area contributed by atoms with Crippen LogP contribution >= 0.6 is 0 Å². The van der Waals surface area contributed by atoms with Crippen molar-refractivity contribution in [2.24, 2.45) is 0 Å². The van der Waals surface area contributed by atoms with Crippen LogP contribution in [0.25, 0.3) is 0 Å². The zero-order valence-electron chi connectivity index (χ0n) is 12.1. The lowest BCUT2D eigenvalue weighted by atomic mass is 10.1. The molecule has 0 spiro atoms. The summed E-state index contributed by atoms with van der Waals surface area (Å²) in [5, 5.41) is 0. The van der Waals surface area contributed by atoms with Crippen LogP contribution in [0.15, 0.2) is 30.5 Å². The fraction of sp³-hybridized carbons (Fsp3) is 0.375. The molecule has 2 aromatic heterocycles. The number of esters is 1. The van der Waals surface area contributed by atoms with Gasteiger partial charge < -0.3 is 14.3 Å². The molecule has 1 aliphatic rings. The number of rotatable bonds is 4. The largest absolute Gasteiger partial charge is 0.462 e. The molecule has 0 bridgehead atoms. The van der Waals surface area contributed by atoms with Crippen molar-refractivity contribution in [3.8, 4) is 0 Å². The number of fused-ring (bicyclic) bond motifs is 1. The minimum atomic E-state index is -0.266. The number of nitrogens with zero attached hydrogens (tertiary/aromatic N) is 1. The molecule has 5 nitrogen and oxygen atoms in total. The average Bonchev–Trinajstić information content (AvgIpc) is 3.14. The van der Waals surface area contributed by atoms with Crippen molar-refractivity contribution in [2.45, 2.75) is 38.8 Å². The molecule has 3 heterocycles. The minimum absolute atomic E-state index is 0.0517. The molecule has 0 amide bonds. The van der Waals surface area contributed by atoms with E-state index in [1.165, 1.54) is 0 Å². The fourth-order valence-corrected chi connectivity index (χ4v) is 2.80. The number of nitrogens with one attached hydrogen (secondary N) is 1. The Balaban J connectivity index is 1.87. The molecule has 21 heavy (non-hydrogen) atoms. The smallest absolute Gasteiger partial charge is 0.315 e. The SMILES string of the molecule is CC(C)OC(=O)C1CCn2c(C(=O)c3ccc[nH]3)ccc21. The summed E-state index contributed by atoms with van der Waals surface area (Å²) in [5.74, 6) is -0.526. The van der Waals surface area contributed by atoms with E-state index in [1.54, 1.807) is 24.4 Å². The summed E-state index contributed by atoms with van der Waals surface area (Å²) in [6.45, 7) is 4.35. The number of aromatic amines is 1. The van der Waals surface area contributed by atoms with Crippen molar-refractivity contribution in [3.63, 3.8) is 0 Å². The number of carbonyl (C=O) groups excluding carboxylic acids is 2. The Kier molecular flexibility index (Phi) is 3.41. The van der Waals surface area contributed by atoms with Gasteiger partial charge in [-0.05, 0) is 44.5 Å². The third-order valence-corrected chi connectivity index (χ3v) is 3.72. The van der Waals surface area contributed by atoms with Crippen LogP contribution < -0.4 is 0 Å². The Morgan fingerprint density at radius 2 is 2.14 bits per heavy atom. The lowest BCUT2D eigenvalue weighted by molar-refractivity contribution is -0.149. The molecule has 2 aromatic rings. The number of ether oxygens (including phenoxy) is 1. The first-order chi connectivity index (χ1) is 10.1. The van der Waals surface area contributed by atoms with Gasteiger partial charge in [-0.25, -0.2) is 0 Å². The topological polar surface area (TPSA) is 64.1 Å². The molecule has 0 aliphatic carbocycles. The number of hydrogen-bond donors (Lipinski definition) is 1. The maximum Gasteiger partial charge on any atom is 0.315 e. The zero-order valence-corrected chi connectivity index (χ0v) is 12.1. The third-order valence-electron chi connectivity index (χ3n) is 3.72.